The van der Waals surface area contributed by atoms with E-state index < -0.39 is 0 Å². The number of hydrogen-bond acceptors (Lipinski definition) is 2. The van der Waals surface area contributed by atoms with Crippen molar-refractivity contribution in [1.82, 2.24) is 19.9 Å². The fourth-order valence-corrected chi connectivity index (χ4v) is 1.72. The van der Waals surface area contributed by atoms with E-state index in [-0.39, 0.29) is 0 Å². The summed E-state index contributed by atoms with van der Waals surface area (Å²) in [7, 11) is 0. The van der Waals surface area contributed by atoms with E-state index in [2.05, 4.69) is 45.2 Å². The quantitative estimate of drug-likeness (QED) is 0.778. The number of nitrogens with one attached hydrogen (secondary N) is 2. The van der Waals surface area contributed by atoms with Crippen LogP contribution in [0.25, 0.3) is 0 Å². The third-order valence-corrected chi connectivity index (χ3v) is 2.49. The lowest BCUT2D eigenvalue weighted by Crippen LogP contribution is -2.12. The van der Waals surface area contributed by atoms with Crippen molar-refractivity contribution in [3.8, 4) is 0 Å². The first kappa shape index (κ1) is 11.0. The predicted molar refractivity (Wildman–Crippen MR) is 63.9 cm³/mol. The molecule has 0 saturated carbocycles. The van der Waals surface area contributed by atoms with Crippen molar-refractivity contribution in [1.29, 1.82) is 0 Å². The second kappa shape index (κ2) is 5.51. The number of hydrogen-bond donors (Lipinski definition) is 2. The van der Waals surface area contributed by atoms with E-state index in [1.165, 1.54) is 12.0 Å². The second-order valence-corrected chi connectivity index (χ2v) is 3.94. The van der Waals surface area contributed by atoms with Crippen LogP contribution in [0, 0.1) is 0 Å². The van der Waals surface area contributed by atoms with E-state index in [4.69, 9.17) is 0 Å². The summed E-state index contributed by atoms with van der Waals surface area (Å²) in [6.07, 6.45) is 9.06. The number of aromatic amines is 1. The minimum Gasteiger partial charge on any atom is -0.354 e. The normalized spacial score (nSPS) is 10.8. The number of aromatic nitrogens is 3. The molecular formula is C12H18N4. The van der Waals surface area contributed by atoms with Gasteiger partial charge in [0.2, 0.25) is 0 Å². The van der Waals surface area contributed by atoms with E-state index in [0.29, 0.717) is 0 Å². The molecule has 0 saturated heterocycles. The van der Waals surface area contributed by atoms with Gasteiger partial charge >= 0.3 is 0 Å². The highest BCUT2D eigenvalue weighted by molar-refractivity contribution is 5.10. The zero-order valence-corrected chi connectivity index (χ0v) is 9.61. The van der Waals surface area contributed by atoms with Crippen molar-refractivity contribution in [2.75, 3.05) is 0 Å². The summed E-state index contributed by atoms with van der Waals surface area (Å²) in [6, 6.07) is 2.16. The summed E-state index contributed by atoms with van der Waals surface area (Å²) in [5.74, 6) is 0. The van der Waals surface area contributed by atoms with Gasteiger partial charge in [-0.3, -0.25) is 0 Å². The van der Waals surface area contributed by atoms with Crippen molar-refractivity contribution < 1.29 is 0 Å². The molecule has 2 N–H and O–H groups in total. The molecular weight excluding hydrogens is 200 g/mol. The number of imidazole rings is 1. The lowest BCUT2D eigenvalue weighted by atomic mass is 10.3. The number of rotatable bonds is 6. The van der Waals surface area contributed by atoms with E-state index in [9.17, 15) is 0 Å². The van der Waals surface area contributed by atoms with E-state index >= 15 is 0 Å². The highest BCUT2D eigenvalue weighted by atomic mass is 15.0. The maximum absolute atomic E-state index is 3.98. The monoisotopic (exact) mass is 218 g/mol. The highest BCUT2D eigenvalue weighted by Gasteiger charge is 1.97. The third kappa shape index (κ3) is 2.97. The highest BCUT2D eigenvalue weighted by Crippen LogP contribution is 2.02. The molecule has 2 rings (SSSR count). The van der Waals surface area contributed by atoms with Gasteiger partial charge in [0.15, 0.2) is 0 Å². The Labute approximate surface area is 95.7 Å². The molecule has 0 unspecified atom stereocenters. The fourth-order valence-electron chi connectivity index (χ4n) is 1.72. The van der Waals surface area contributed by atoms with E-state index in [0.717, 1.165) is 25.3 Å². The molecule has 2 heterocycles. The van der Waals surface area contributed by atoms with Gasteiger partial charge in [-0.1, -0.05) is 6.92 Å². The van der Waals surface area contributed by atoms with Crippen molar-refractivity contribution in [2.24, 2.45) is 0 Å². The Kier molecular flexibility index (Phi) is 3.77. The van der Waals surface area contributed by atoms with Gasteiger partial charge in [0, 0.05) is 43.9 Å². The molecule has 0 amide bonds. The number of aryl methyl sites for hydroxylation is 1. The van der Waals surface area contributed by atoms with Crippen LogP contribution in [0.1, 0.15) is 24.6 Å². The summed E-state index contributed by atoms with van der Waals surface area (Å²) in [5, 5.41) is 3.37. The van der Waals surface area contributed by atoms with Crippen LogP contribution in [-0.2, 0) is 19.6 Å². The van der Waals surface area contributed by atoms with Crippen LogP contribution in [0.5, 0.6) is 0 Å². The lowest BCUT2D eigenvalue weighted by Gasteiger charge is -2.01. The van der Waals surface area contributed by atoms with Crippen molar-refractivity contribution in [2.45, 2.75) is 33.0 Å². The average Bonchev–Trinajstić information content (AvgIpc) is 2.90. The maximum atomic E-state index is 3.98. The number of nitrogens with zero attached hydrogens (tertiary/aromatic N) is 2. The Morgan fingerprint density at radius 3 is 3.12 bits per heavy atom. The molecule has 0 bridgehead atoms. The van der Waals surface area contributed by atoms with Crippen LogP contribution in [0.15, 0.2) is 31.0 Å². The van der Waals surface area contributed by atoms with Crippen molar-refractivity contribution in [3.63, 3.8) is 0 Å². The fraction of sp³-hybridized carbons (Fsp3) is 0.417. The molecule has 0 aromatic carbocycles. The first-order valence-electron chi connectivity index (χ1n) is 5.71. The van der Waals surface area contributed by atoms with Gasteiger partial charge in [0.25, 0.3) is 0 Å². The smallest absolute Gasteiger partial charge is 0.0922 e. The maximum Gasteiger partial charge on any atom is 0.0922 e. The molecule has 4 nitrogen and oxygen atoms in total. The standard InChI is InChI=1S/C12H18N4/c1-2-4-16-5-3-11(9-16)6-13-7-12-8-14-10-15-12/h3,5,8-10,13H,2,4,6-7H2,1H3,(H,14,15). The zero-order chi connectivity index (χ0) is 11.2. The van der Waals surface area contributed by atoms with Crippen LogP contribution >= 0.6 is 0 Å². The van der Waals surface area contributed by atoms with E-state index in [1.54, 1.807) is 6.33 Å². The van der Waals surface area contributed by atoms with Crippen LogP contribution in [0.3, 0.4) is 0 Å². The van der Waals surface area contributed by atoms with Crippen LogP contribution in [0.2, 0.25) is 0 Å². The molecule has 0 fully saturated rings. The van der Waals surface area contributed by atoms with Crippen LogP contribution < -0.4 is 5.32 Å². The zero-order valence-electron chi connectivity index (χ0n) is 9.61. The molecule has 0 spiro atoms. The molecule has 0 radical (unpaired) electrons. The van der Waals surface area contributed by atoms with Crippen LogP contribution in [-0.4, -0.2) is 14.5 Å². The minimum atomic E-state index is 0.832. The molecule has 86 valence electrons. The first-order valence-corrected chi connectivity index (χ1v) is 5.71. The summed E-state index contributed by atoms with van der Waals surface area (Å²) < 4.78 is 2.23. The third-order valence-electron chi connectivity index (χ3n) is 2.49. The molecule has 4 heteroatoms. The molecule has 2 aromatic heterocycles. The van der Waals surface area contributed by atoms with Crippen molar-refractivity contribution in [3.05, 3.63) is 42.2 Å². The molecule has 0 aliphatic rings. The van der Waals surface area contributed by atoms with Gasteiger partial charge in [-0.25, -0.2) is 4.98 Å². The van der Waals surface area contributed by atoms with Crippen molar-refractivity contribution >= 4 is 0 Å². The topological polar surface area (TPSA) is 45.6 Å². The van der Waals surface area contributed by atoms with Gasteiger partial charge in [0.05, 0.1) is 6.33 Å². The first-order chi connectivity index (χ1) is 7.88. The summed E-state index contributed by atoms with van der Waals surface area (Å²) in [6.45, 7) is 5.02. The SMILES string of the molecule is CCCn1ccc(CNCc2cnc[nH]2)c1. The van der Waals surface area contributed by atoms with Gasteiger partial charge in [-0.2, -0.15) is 0 Å². The Morgan fingerprint density at radius 1 is 1.44 bits per heavy atom. The van der Waals surface area contributed by atoms with Crippen LogP contribution in [0.4, 0.5) is 0 Å². The lowest BCUT2D eigenvalue weighted by molar-refractivity contribution is 0.664. The van der Waals surface area contributed by atoms with Gasteiger partial charge in [0.1, 0.15) is 0 Å². The Bertz CT molecular complexity index is 402. The Balaban J connectivity index is 1.76. The predicted octanol–water partition coefficient (Wildman–Crippen LogP) is 1.91. The summed E-state index contributed by atoms with van der Waals surface area (Å²) in [5.41, 5.74) is 2.45. The minimum absolute atomic E-state index is 0.832. The van der Waals surface area contributed by atoms with Gasteiger partial charge in [-0.15, -0.1) is 0 Å². The van der Waals surface area contributed by atoms with Gasteiger partial charge in [-0.05, 0) is 18.1 Å². The molecule has 0 aliphatic carbocycles. The molecule has 0 atom stereocenters. The summed E-state index contributed by atoms with van der Waals surface area (Å²) in [4.78, 5) is 7.05. The van der Waals surface area contributed by atoms with E-state index in [1.807, 2.05) is 6.20 Å². The second-order valence-electron chi connectivity index (χ2n) is 3.94. The van der Waals surface area contributed by atoms with Gasteiger partial charge < -0.3 is 14.9 Å². The average molecular weight is 218 g/mol. The number of H-pyrrole nitrogens is 1. The molecule has 2 aromatic rings. The Hall–Kier alpha value is -1.55. The molecule has 0 aliphatic heterocycles. The summed E-state index contributed by atoms with van der Waals surface area (Å²) >= 11 is 0. The largest absolute Gasteiger partial charge is 0.354 e. The molecule has 16 heavy (non-hydrogen) atoms. The Morgan fingerprint density at radius 2 is 2.38 bits per heavy atom.